The predicted molar refractivity (Wildman–Crippen MR) is 80.0 cm³/mol. The Morgan fingerprint density at radius 1 is 1.35 bits per heavy atom. The maximum absolute atomic E-state index is 12.4. The van der Waals surface area contributed by atoms with Crippen LogP contribution in [-0.2, 0) is 11.2 Å². The van der Waals surface area contributed by atoms with E-state index in [0.717, 1.165) is 37.2 Å². The van der Waals surface area contributed by atoms with Crippen LogP contribution in [0.5, 0.6) is 5.75 Å². The highest BCUT2D eigenvalue weighted by atomic mass is 16.5. The van der Waals surface area contributed by atoms with E-state index in [1.807, 2.05) is 36.2 Å². The Balaban J connectivity index is 1.97. The topological polar surface area (TPSA) is 32.8 Å². The number of amides is 1. The maximum Gasteiger partial charge on any atom is 0.227 e. The van der Waals surface area contributed by atoms with Gasteiger partial charge in [0.15, 0.2) is 0 Å². The monoisotopic (exact) mass is 276 g/mol. The van der Waals surface area contributed by atoms with Gasteiger partial charge in [-0.2, -0.15) is 0 Å². The number of likely N-dealkylation sites (tertiary alicyclic amines) is 1. The third-order valence-corrected chi connectivity index (χ3v) is 4.16. The van der Waals surface area contributed by atoms with Crippen molar-refractivity contribution in [3.63, 3.8) is 0 Å². The van der Waals surface area contributed by atoms with Crippen molar-refractivity contribution in [2.45, 2.75) is 25.3 Å². The van der Waals surface area contributed by atoms with Crippen molar-refractivity contribution in [3.05, 3.63) is 29.8 Å². The van der Waals surface area contributed by atoms with Crippen molar-refractivity contribution in [2.24, 2.45) is 0 Å². The molecule has 1 aliphatic rings. The quantitative estimate of drug-likeness (QED) is 0.840. The van der Waals surface area contributed by atoms with E-state index in [2.05, 4.69) is 11.9 Å². The molecular formula is C16H24N2O2. The van der Waals surface area contributed by atoms with Gasteiger partial charge < -0.3 is 14.5 Å². The zero-order valence-corrected chi connectivity index (χ0v) is 12.6. The Labute approximate surface area is 121 Å². The molecular weight excluding hydrogens is 252 g/mol. The summed E-state index contributed by atoms with van der Waals surface area (Å²) >= 11 is 0. The smallest absolute Gasteiger partial charge is 0.227 e. The van der Waals surface area contributed by atoms with Gasteiger partial charge in [-0.15, -0.1) is 0 Å². The number of benzene rings is 1. The summed E-state index contributed by atoms with van der Waals surface area (Å²) in [5.74, 6) is 0.960. The van der Waals surface area contributed by atoms with Crippen LogP contribution in [0.3, 0.4) is 0 Å². The van der Waals surface area contributed by atoms with Crippen molar-refractivity contribution in [1.82, 2.24) is 9.80 Å². The molecule has 1 heterocycles. The lowest BCUT2D eigenvalue weighted by Crippen LogP contribution is -2.45. The number of para-hydroxylation sites is 1. The second kappa shape index (κ2) is 6.75. The molecule has 1 aromatic rings. The number of ether oxygens (including phenoxy) is 1. The Kier molecular flexibility index (Phi) is 5.01. The van der Waals surface area contributed by atoms with Crippen molar-refractivity contribution in [1.29, 1.82) is 0 Å². The molecule has 0 aromatic heterocycles. The number of methoxy groups -OCH3 is 1. The number of hydrogen-bond donors (Lipinski definition) is 0. The standard InChI is InChI=1S/C16H24N2O2/c1-17-10-8-14(9-11-17)18(2)16(19)12-13-6-4-5-7-15(13)20-3/h4-7,14H,8-12H2,1-3H3. The first kappa shape index (κ1) is 14.9. The molecule has 0 spiro atoms. The van der Waals surface area contributed by atoms with Crippen LogP contribution < -0.4 is 4.74 Å². The average molecular weight is 276 g/mol. The first-order chi connectivity index (χ1) is 9.61. The lowest BCUT2D eigenvalue weighted by atomic mass is 10.0. The van der Waals surface area contributed by atoms with Gasteiger partial charge in [-0.1, -0.05) is 18.2 Å². The zero-order chi connectivity index (χ0) is 14.5. The third-order valence-electron chi connectivity index (χ3n) is 4.16. The van der Waals surface area contributed by atoms with Crippen LogP contribution in [-0.4, -0.2) is 56.0 Å². The van der Waals surface area contributed by atoms with Crippen LogP contribution in [0.25, 0.3) is 0 Å². The van der Waals surface area contributed by atoms with Gasteiger partial charge in [-0.25, -0.2) is 0 Å². The van der Waals surface area contributed by atoms with Crippen LogP contribution in [0.1, 0.15) is 18.4 Å². The fourth-order valence-corrected chi connectivity index (χ4v) is 2.72. The molecule has 0 unspecified atom stereocenters. The van der Waals surface area contributed by atoms with Crippen molar-refractivity contribution >= 4 is 5.91 Å². The van der Waals surface area contributed by atoms with Crippen molar-refractivity contribution < 1.29 is 9.53 Å². The van der Waals surface area contributed by atoms with Gasteiger partial charge >= 0.3 is 0 Å². The number of carbonyl (C=O) groups excluding carboxylic acids is 1. The van der Waals surface area contributed by atoms with E-state index in [1.165, 1.54) is 0 Å². The number of nitrogens with zero attached hydrogens (tertiary/aromatic N) is 2. The summed E-state index contributed by atoms with van der Waals surface area (Å²) in [4.78, 5) is 16.6. The van der Waals surface area contributed by atoms with Crippen molar-refractivity contribution in [3.8, 4) is 5.75 Å². The summed E-state index contributed by atoms with van der Waals surface area (Å²) in [5, 5.41) is 0. The summed E-state index contributed by atoms with van der Waals surface area (Å²) in [6.07, 6.45) is 2.53. The number of piperidine rings is 1. The minimum Gasteiger partial charge on any atom is -0.496 e. The molecule has 2 rings (SSSR count). The minimum absolute atomic E-state index is 0.170. The summed E-state index contributed by atoms with van der Waals surface area (Å²) in [6, 6.07) is 8.10. The number of rotatable bonds is 4. The molecule has 1 saturated heterocycles. The number of likely N-dealkylation sites (N-methyl/N-ethyl adjacent to an activating group) is 1. The third kappa shape index (κ3) is 3.51. The highest BCUT2D eigenvalue weighted by Crippen LogP contribution is 2.20. The van der Waals surface area contributed by atoms with E-state index < -0.39 is 0 Å². The van der Waals surface area contributed by atoms with Crippen LogP contribution in [0, 0.1) is 0 Å². The predicted octanol–water partition coefficient (Wildman–Crippen LogP) is 1.79. The Hall–Kier alpha value is -1.55. The highest BCUT2D eigenvalue weighted by molar-refractivity contribution is 5.79. The van der Waals surface area contributed by atoms with Gasteiger partial charge in [0.2, 0.25) is 5.91 Å². The van der Waals surface area contributed by atoms with E-state index in [-0.39, 0.29) is 5.91 Å². The fourth-order valence-electron chi connectivity index (χ4n) is 2.72. The average Bonchev–Trinajstić information content (AvgIpc) is 2.48. The Morgan fingerprint density at radius 2 is 2.00 bits per heavy atom. The molecule has 1 aliphatic heterocycles. The molecule has 1 amide bonds. The van der Waals surface area contributed by atoms with Crippen molar-refractivity contribution in [2.75, 3.05) is 34.3 Å². The highest BCUT2D eigenvalue weighted by Gasteiger charge is 2.24. The maximum atomic E-state index is 12.4. The lowest BCUT2D eigenvalue weighted by molar-refractivity contribution is -0.132. The van der Waals surface area contributed by atoms with Gasteiger partial charge in [0.1, 0.15) is 5.75 Å². The molecule has 4 heteroatoms. The van der Waals surface area contributed by atoms with Crippen LogP contribution in [0.2, 0.25) is 0 Å². The summed E-state index contributed by atoms with van der Waals surface area (Å²) < 4.78 is 5.31. The number of hydrogen-bond acceptors (Lipinski definition) is 3. The molecule has 0 atom stereocenters. The molecule has 0 aliphatic carbocycles. The Morgan fingerprint density at radius 3 is 2.65 bits per heavy atom. The van der Waals surface area contributed by atoms with E-state index in [9.17, 15) is 4.79 Å². The van der Waals surface area contributed by atoms with E-state index in [4.69, 9.17) is 4.74 Å². The zero-order valence-electron chi connectivity index (χ0n) is 12.6. The van der Waals surface area contributed by atoms with Gasteiger partial charge in [-0.05, 0) is 39.0 Å². The second-order valence-corrected chi connectivity index (χ2v) is 5.53. The molecule has 0 radical (unpaired) electrons. The van der Waals surface area contributed by atoms with Crippen LogP contribution in [0.4, 0.5) is 0 Å². The second-order valence-electron chi connectivity index (χ2n) is 5.53. The summed E-state index contributed by atoms with van der Waals surface area (Å²) in [5.41, 5.74) is 0.958. The molecule has 1 fully saturated rings. The van der Waals surface area contributed by atoms with Gasteiger partial charge in [0.05, 0.1) is 13.5 Å². The SMILES string of the molecule is COc1ccccc1CC(=O)N(C)C1CCN(C)CC1. The molecule has 1 aromatic carbocycles. The summed E-state index contributed by atoms with van der Waals surface area (Å²) in [6.45, 7) is 2.13. The van der Waals surface area contributed by atoms with Crippen LogP contribution >= 0.6 is 0 Å². The molecule has 110 valence electrons. The van der Waals surface area contributed by atoms with Gasteiger partial charge in [-0.3, -0.25) is 4.79 Å². The van der Waals surface area contributed by atoms with Gasteiger partial charge in [0, 0.05) is 18.7 Å². The lowest BCUT2D eigenvalue weighted by Gasteiger charge is -2.35. The number of carbonyl (C=O) groups is 1. The van der Waals surface area contributed by atoms with Crippen LogP contribution in [0.15, 0.2) is 24.3 Å². The first-order valence-corrected chi connectivity index (χ1v) is 7.18. The first-order valence-electron chi connectivity index (χ1n) is 7.18. The molecule has 20 heavy (non-hydrogen) atoms. The molecule has 0 N–H and O–H groups in total. The van der Waals surface area contributed by atoms with E-state index >= 15 is 0 Å². The fraction of sp³-hybridized carbons (Fsp3) is 0.562. The summed E-state index contributed by atoms with van der Waals surface area (Å²) in [7, 11) is 5.70. The Bertz CT molecular complexity index is 454. The van der Waals surface area contributed by atoms with E-state index in [1.54, 1.807) is 7.11 Å². The molecule has 0 bridgehead atoms. The normalized spacial score (nSPS) is 16.9. The molecule has 0 saturated carbocycles. The largest absolute Gasteiger partial charge is 0.496 e. The molecule has 4 nitrogen and oxygen atoms in total. The van der Waals surface area contributed by atoms with E-state index in [0.29, 0.717) is 12.5 Å². The van der Waals surface area contributed by atoms with Gasteiger partial charge in [0.25, 0.3) is 0 Å². The minimum atomic E-state index is 0.170.